The van der Waals surface area contributed by atoms with Gasteiger partial charge in [-0.05, 0) is 13.0 Å². The second-order valence-electron chi connectivity index (χ2n) is 7.02. The van der Waals surface area contributed by atoms with E-state index in [2.05, 4.69) is 11.2 Å². The molecule has 28 heavy (non-hydrogen) atoms. The quantitative estimate of drug-likeness (QED) is 0.749. The topological polar surface area (TPSA) is 88.3 Å². The van der Waals surface area contributed by atoms with Gasteiger partial charge in [0, 0.05) is 43.0 Å². The van der Waals surface area contributed by atoms with E-state index in [0.717, 1.165) is 16.8 Å². The highest BCUT2D eigenvalue weighted by molar-refractivity contribution is 5.63. The third-order valence-electron chi connectivity index (χ3n) is 4.88. The van der Waals surface area contributed by atoms with Gasteiger partial charge < -0.3 is 19.9 Å². The van der Waals surface area contributed by atoms with Gasteiger partial charge >= 0.3 is 0 Å². The Morgan fingerprint density at radius 2 is 1.86 bits per heavy atom. The number of rotatable bonds is 3. The standard InChI is InChI=1S/C22H20N4O2/c1-13-4-6-14(7-5-13)19-11-18(25-28-19)21-16-9-8-15(26(2)3)10-20(16)27-22(24)17(21)12-23/h4-11,21H,24H2,1-3H3. The maximum absolute atomic E-state index is 9.68. The minimum atomic E-state index is -0.437. The Morgan fingerprint density at radius 3 is 2.54 bits per heavy atom. The number of benzene rings is 2. The normalized spacial score (nSPS) is 15.6. The summed E-state index contributed by atoms with van der Waals surface area (Å²) in [5.74, 6) is 0.917. The lowest BCUT2D eigenvalue weighted by Crippen LogP contribution is -2.21. The van der Waals surface area contributed by atoms with E-state index < -0.39 is 5.92 Å². The summed E-state index contributed by atoms with van der Waals surface area (Å²) >= 11 is 0. The van der Waals surface area contributed by atoms with Gasteiger partial charge in [-0.3, -0.25) is 0 Å². The van der Waals surface area contributed by atoms with Gasteiger partial charge in [0.15, 0.2) is 5.76 Å². The van der Waals surface area contributed by atoms with Crippen LogP contribution < -0.4 is 15.4 Å². The van der Waals surface area contributed by atoms with Crippen molar-refractivity contribution < 1.29 is 9.26 Å². The van der Waals surface area contributed by atoms with Crippen molar-refractivity contribution in [2.24, 2.45) is 5.73 Å². The van der Waals surface area contributed by atoms with Gasteiger partial charge in [0.25, 0.3) is 0 Å². The van der Waals surface area contributed by atoms with E-state index in [1.54, 1.807) is 0 Å². The minimum Gasteiger partial charge on any atom is -0.440 e. The average Bonchev–Trinajstić information content (AvgIpc) is 3.16. The molecular weight excluding hydrogens is 352 g/mol. The average molecular weight is 372 g/mol. The number of nitriles is 1. The summed E-state index contributed by atoms with van der Waals surface area (Å²) < 4.78 is 11.3. The Labute approximate surface area is 163 Å². The second kappa shape index (κ2) is 6.78. The van der Waals surface area contributed by atoms with Crippen LogP contribution in [0.1, 0.15) is 22.7 Å². The molecule has 1 atom stereocenters. The molecule has 1 aromatic heterocycles. The van der Waals surface area contributed by atoms with Gasteiger partial charge in [0.1, 0.15) is 17.4 Å². The van der Waals surface area contributed by atoms with Crippen LogP contribution in [0.5, 0.6) is 5.75 Å². The Hall–Kier alpha value is -3.72. The molecule has 6 nitrogen and oxygen atoms in total. The van der Waals surface area contributed by atoms with Crippen molar-refractivity contribution in [2.45, 2.75) is 12.8 Å². The van der Waals surface area contributed by atoms with Crippen LogP contribution >= 0.6 is 0 Å². The summed E-state index contributed by atoms with van der Waals surface area (Å²) in [5.41, 5.74) is 10.9. The molecule has 2 aromatic carbocycles. The molecule has 140 valence electrons. The molecular formula is C22H20N4O2. The summed E-state index contributed by atoms with van der Waals surface area (Å²) in [4.78, 5) is 1.98. The highest BCUT2D eigenvalue weighted by atomic mass is 16.5. The molecule has 3 aromatic rings. The van der Waals surface area contributed by atoms with Crippen molar-refractivity contribution in [2.75, 3.05) is 19.0 Å². The first-order valence-electron chi connectivity index (χ1n) is 8.90. The number of fused-ring (bicyclic) bond motifs is 1. The number of nitrogens with two attached hydrogens (primary N) is 1. The third-order valence-corrected chi connectivity index (χ3v) is 4.88. The Morgan fingerprint density at radius 1 is 1.11 bits per heavy atom. The third kappa shape index (κ3) is 2.97. The zero-order chi connectivity index (χ0) is 19.8. The van der Waals surface area contributed by atoms with Gasteiger partial charge in [-0.1, -0.05) is 41.1 Å². The molecule has 1 aliphatic heterocycles. The van der Waals surface area contributed by atoms with E-state index in [4.69, 9.17) is 15.0 Å². The van der Waals surface area contributed by atoms with Crippen LogP contribution in [0, 0.1) is 18.3 Å². The van der Waals surface area contributed by atoms with E-state index in [9.17, 15) is 5.26 Å². The first kappa shape index (κ1) is 17.7. The fourth-order valence-electron chi connectivity index (χ4n) is 3.30. The van der Waals surface area contributed by atoms with Crippen LogP contribution in [-0.4, -0.2) is 19.3 Å². The zero-order valence-corrected chi connectivity index (χ0v) is 15.9. The first-order chi connectivity index (χ1) is 13.5. The van der Waals surface area contributed by atoms with Crippen LogP contribution in [0.15, 0.2) is 64.5 Å². The Balaban J connectivity index is 1.80. The minimum absolute atomic E-state index is 0.0933. The van der Waals surface area contributed by atoms with Crippen LogP contribution in [0.2, 0.25) is 0 Å². The molecule has 0 spiro atoms. The van der Waals surface area contributed by atoms with E-state index in [1.165, 1.54) is 5.56 Å². The van der Waals surface area contributed by atoms with E-state index in [-0.39, 0.29) is 5.88 Å². The van der Waals surface area contributed by atoms with Crippen molar-refractivity contribution >= 4 is 5.69 Å². The monoisotopic (exact) mass is 372 g/mol. The summed E-state index contributed by atoms with van der Waals surface area (Å²) in [6.07, 6.45) is 0. The molecule has 0 saturated carbocycles. The van der Waals surface area contributed by atoms with E-state index >= 15 is 0 Å². The second-order valence-corrected chi connectivity index (χ2v) is 7.02. The van der Waals surface area contributed by atoms with Gasteiger partial charge in [0.2, 0.25) is 5.88 Å². The predicted octanol–water partition coefficient (Wildman–Crippen LogP) is 3.93. The fourth-order valence-corrected chi connectivity index (χ4v) is 3.30. The largest absolute Gasteiger partial charge is 0.440 e. The highest BCUT2D eigenvalue weighted by Crippen LogP contribution is 2.43. The van der Waals surface area contributed by atoms with Crippen LogP contribution in [0.3, 0.4) is 0 Å². The SMILES string of the molecule is Cc1ccc(-c2cc(C3C(C#N)=C(N)Oc4cc(N(C)C)ccc43)no2)cc1. The van der Waals surface area contributed by atoms with Crippen molar-refractivity contribution in [3.63, 3.8) is 0 Å². The molecule has 4 rings (SSSR count). The number of ether oxygens (including phenoxy) is 1. The number of aromatic nitrogens is 1. The molecule has 6 heteroatoms. The molecule has 0 bridgehead atoms. The van der Waals surface area contributed by atoms with Gasteiger partial charge in [0.05, 0.1) is 11.6 Å². The summed E-state index contributed by atoms with van der Waals surface area (Å²) in [6, 6.07) is 17.9. The lowest BCUT2D eigenvalue weighted by Gasteiger charge is -2.26. The molecule has 1 aliphatic rings. The molecule has 1 unspecified atom stereocenters. The number of hydrogen-bond donors (Lipinski definition) is 1. The smallest absolute Gasteiger partial charge is 0.205 e. The first-order valence-corrected chi connectivity index (χ1v) is 8.90. The number of nitrogens with zero attached hydrogens (tertiary/aromatic N) is 3. The molecule has 0 saturated heterocycles. The van der Waals surface area contributed by atoms with Crippen LogP contribution in [0.25, 0.3) is 11.3 Å². The predicted molar refractivity (Wildman–Crippen MR) is 107 cm³/mol. The summed E-state index contributed by atoms with van der Waals surface area (Å²) in [5, 5.41) is 13.9. The van der Waals surface area contributed by atoms with Crippen LogP contribution in [-0.2, 0) is 0 Å². The Kier molecular flexibility index (Phi) is 4.28. The fraction of sp³-hybridized carbons (Fsp3) is 0.182. The maximum atomic E-state index is 9.68. The van der Waals surface area contributed by atoms with Crippen molar-refractivity contribution in [3.8, 4) is 23.1 Å². The molecule has 0 aliphatic carbocycles. The van der Waals surface area contributed by atoms with Crippen molar-refractivity contribution in [1.82, 2.24) is 5.16 Å². The van der Waals surface area contributed by atoms with Gasteiger partial charge in [-0.2, -0.15) is 5.26 Å². The number of hydrogen-bond acceptors (Lipinski definition) is 6. The van der Waals surface area contributed by atoms with Crippen LogP contribution in [0.4, 0.5) is 5.69 Å². The Bertz CT molecular complexity index is 1100. The lowest BCUT2D eigenvalue weighted by molar-refractivity contribution is 0.386. The van der Waals surface area contributed by atoms with Crippen molar-refractivity contribution in [1.29, 1.82) is 5.26 Å². The summed E-state index contributed by atoms with van der Waals surface area (Å²) in [7, 11) is 3.90. The van der Waals surface area contributed by atoms with E-state index in [1.807, 2.05) is 74.4 Å². The van der Waals surface area contributed by atoms with E-state index in [0.29, 0.717) is 22.8 Å². The van der Waals surface area contributed by atoms with Gasteiger partial charge in [-0.15, -0.1) is 0 Å². The molecule has 0 amide bonds. The number of aryl methyl sites for hydroxylation is 1. The molecule has 2 N–H and O–H groups in total. The zero-order valence-electron chi connectivity index (χ0n) is 15.9. The molecule has 0 fully saturated rings. The van der Waals surface area contributed by atoms with Gasteiger partial charge in [-0.25, -0.2) is 0 Å². The molecule has 0 radical (unpaired) electrons. The number of anilines is 1. The highest BCUT2D eigenvalue weighted by Gasteiger charge is 2.33. The van der Waals surface area contributed by atoms with Crippen molar-refractivity contribution in [3.05, 3.63) is 76.8 Å². The maximum Gasteiger partial charge on any atom is 0.205 e. The summed E-state index contributed by atoms with van der Waals surface area (Å²) in [6.45, 7) is 2.03. The lowest BCUT2D eigenvalue weighted by atomic mass is 9.86. The number of allylic oxidation sites excluding steroid dienone is 1. The molecule has 2 heterocycles.